The van der Waals surface area contributed by atoms with Gasteiger partial charge in [0.15, 0.2) is 0 Å². The number of anilines is 2. The molecule has 1 aliphatic rings. The van der Waals surface area contributed by atoms with Gasteiger partial charge in [-0.2, -0.15) is 0 Å². The minimum atomic E-state index is -0.0954. The first-order valence-corrected chi connectivity index (χ1v) is 5.88. The number of amides is 1. The molecular weight excluding hydrogens is 216 g/mol. The lowest BCUT2D eigenvalue weighted by atomic mass is 10.2. The van der Waals surface area contributed by atoms with Gasteiger partial charge in [0.1, 0.15) is 5.75 Å². The highest BCUT2D eigenvalue weighted by molar-refractivity contribution is 5.90. The summed E-state index contributed by atoms with van der Waals surface area (Å²) in [4.78, 5) is 11.0. The molecule has 2 rings (SSSR count). The zero-order valence-electron chi connectivity index (χ0n) is 10.2. The fourth-order valence-corrected chi connectivity index (χ4v) is 1.68. The van der Waals surface area contributed by atoms with Crippen molar-refractivity contribution in [2.24, 2.45) is 5.92 Å². The molecule has 1 aliphatic carbocycles. The standard InChI is InChI=1S/C13H18N2O2/c1-9(16)15-12-6-5-11(7-13(12)17-2)14-8-10-3-4-10/h5-7,10,14H,3-4,8H2,1-2H3,(H,15,16). The van der Waals surface area contributed by atoms with Gasteiger partial charge in [0.25, 0.3) is 0 Å². The summed E-state index contributed by atoms with van der Waals surface area (Å²) < 4.78 is 5.25. The van der Waals surface area contributed by atoms with E-state index in [1.54, 1.807) is 7.11 Å². The third-order valence-electron chi connectivity index (χ3n) is 2.80. The van der Waals surface area contributed by atoms with Crippen molar-refractivity contribution < 1.29 is 9.53 Å². The second kappa shape index (κ2) is 5.08. The highest BCUT2D eigenvalue weighted by atomic mass is 16.5. The van der Waals surface area contributed by atoms with E-state index in [9.17, 15) is 4.79 Å². The van der Waals surface area contributed by atoms with Crippen LogP contribution in [0, 0.1) is 5.92 Å². The van der Waals surface area contributed by atoms with E-state index in [0.717, 1.165) is 18.2 Å². The Morgan fingerprint density at radius 1 is 1.47 bits per heavy atom. The Balaban J connectivity index is 2.05. The highest BCUT2D eigenvalue weighted by Crippen LogP contribution is 2.31. The molecule has 0 aliphatic heterocycles. The number of carbonyl (C=O) groups excluding carboxylic acids is 1. The Kier molecular flexibility index (Phi) is 3.52. The molecule has 1 saturated carbocycles. The topological polar surface area (TPSA) is 50.4 Å². The fraction of sp³-hybridized carbons (Fsp3) is 0.462. The van der Waals surface area contributed by atoms with Gasteiger partial charge >= 0.3 is 0 Å². The third-order valence-corrected chi connectivity index (χ3v) is 2.80. The van der Waals surface area contributed by atoms with Gasteiger partial charge in [0.05, 0.1) is 12.8 Å². The van der Waals surface area contributed by atoms with E-state index in [1.807, 2.05) is 18.2 Å². The van der Waals surface area contributed by atoms with E-state index in [1.165, 1.54) is 19.8 Å². The van der Waals surface area contributed by atoms with Crippen LogP contribution < -0.4 is 15.4 Å². The number of hydrogen-bond acceptors (Lipinski definition) is 3. The van der Waals surface area contributed by atoms with Crippen LogP contribution in [0.3, 0.4) is 0 Å². The van der Waals surface area contributed by atoms with Crippen LogP contribution in [0.5, 0.6) is 5.75 Å². The van der Waals surface area contributed by atoms with E-state index in [2.05, 4.69) is 10.6 Å². The molecular formula is C13H18N2O2. The SMILES string of the molecule is COc1cc(NCC2CC2)ccc1NC(C)=O. The molecule has 2 N–H and O–H groups in total. The van der Waals surface area contributed by atoms with E-state index >= 15 is 0 Å². The predicted octanol–water partition coefficient (Wildman–Crippen LogP) is 2.48. The summed E-state index contributed by atoms with van der Waals surface area (Å²) in [5.74, 6) is 1.42. The van der Waals surface area contributed by atoms with Gasteiger partial charge in [0.2, 0.25) is 5.91 Å². The molecule has 1 amide bonds. The molecule has 0 bridgehead atoms. The normalized spacial score (nSPS) is 14.2. The summed E-state index contributed by atoms with van der Waals surface area (Å²) in [6.45, 7) is 2.50. The first-order chi connectivity index (χ1) is 8.19. The summed E-state index contributed by atoms with van der Waals surface area (Å²) >= 11 is 0. The van der Waals surface area contributed by atoms with Crippen LogP contribution in [0.25, 0.3) is 0 Å². The van der Waals surface area contributed by atoms with Crippen molar-refractivity contribution in [2.75, 3.05) is 24.3 Å². The van der Waals surface area contributed by atoms with Crippen LogP contribution in [-0.2, 0) is 4.79 Å². The highest BCUT2D eigenvalue weighted by Gasteiger charge is 2.20. The van der Waals surface area contributed by atoms with Crippen molar-refractivity contribution in [3.8, 4) is 5.75 Å². The van der Waals surface area contributed by atoms with Gasteiger partial charge in [-0.3, -0.25) is 4.79 Å². The van der Waals surface area contributed by atoms with Crippen LogP contribution in [0.4, 0.5) is 11.4 Å². The molecule has 17 heavy (non-hydrogen) atoms. The molecule has 1 aromatic carbocycles. The Bertz CT molecular complexity index is 414. The zero-order chi connectivity index (χ0) is 12.3. The largest absolute Gasteiger partial charge is 0.494 e. The van der Waals surface area contributed by atoms with Gasteiger partial charge in [-0.05, 0) is 30.9 Å². The second-order valence-corrected chi connectivity index (χ2v) is 4.42. The number of benzene rings is 1. The zero-order valence-corrected chi connectivity index (χ0v) is 10.2. The molecule has 0 unspecified atom stereocenters. The molecule has 0 saturated heterocycles. The Morgan fingerprint density at radius 2 is 2.24 bits per heavy atom. The monoisotopic (exact) mass is 234 g/mol. The van der Waals surface area contributed by atoms with Gasteiger partial charge < -0.3 is 15.4 Å². The smallest absolute Gasteiger partial charge is 0.221 e. The summed E-state index contributed by atoms with van der Waals surface area (Å²) in [7, 11) is 1.60. The number of carbonyl (C=O) groups is 1. The first kappa shape index (κ1) is 11.8. The maximum Gasteiger partial charge on any atom is 0.221 e. The number of ether oxygens (including phenoxy) is 1. The van der Waals surface area contributed by atoms with Crippen LogP contribution in [0.2, 0.25) is 0 Å². The molecule has 92 valence electrons. The van der Waals surface area contributed by atoms with E-state index in [-0.39, 0.29) is 5.91 Å². The molecule has 0 aromatic heterocycles. The van der Waals surface area contributed by atoms with Crippen molar-refractivity contribution in [3.05, 3.63) is 18.2 Å². The predicted molar refractivity (Wildman–Crippen MR) is 68.5 cm³/mol. The molecule has 0 radical (unpaired) electrons. The van der Waals surface area contributed by atoms with Gasteiger partial charge in [0, 0.05) is 25.2 Å². The molecule has 0 atom stereocenters. The second-order valence-electron chi connectivity index (χ2n) is 4.42. The molecule has 4 nitrogen and oxygen atoms in total. The lowest BCUT2D eigenvalue weighted by Gasteiger charge is -2.12. The molecule has 0 spiro atoms. The van der Waals surface area contributed by atoms with Crippen LogP contribution in [-0.4, -0.2) is 19.6 Å². The molecule has 0 heterocycles. The summed E-state index contributed by atoms with van der Waals surface area (Å²) in [6.07, 6.45) is 2.65. The maximum atomic E-state index is 11.0. The molecule has 1 fully saturated rings. The third kappa shape index (κ3) is 3.37. The van der Waals surface area contributed by atoms with Crippen molar-refractivity contribution in [1.29, 1.82) is 0 Å². The van der Waals surface area contributed by atoms with Gasteiger partial charge in [-0.25, -0.2) is 0 Å². The van der Waals surface area contributed by atoms with E-state index in [4.69, 9.17) is 4.74 Å². The number of rotatable bonds is 5. The van der Waals surface area contributed by atoms with Crippen LogP contribution in [0.15, 0.2) is 18.2 Å². The molecule has 4 heteroatoms. The summed E-state index contributed by atoms with van der Waals surface area (Å²) in [5.41, 5.74) is 1.74. The minimum Gasteiger partial charge on any atom is -0.494 e. The van der Waals surface area contributed by atoms with Crippen molar-refractivity contribution in [3.63, 3.8) is 0 Å². The van der Waals surface area contributed by atoms with Crippen molar-refractivity contribution in [2.45, 2.75) is 19.8 Å². The average Bonchev–Trinajstić information content (AvgIpc) is 3.11. The summed E-state index contributed by atoms with van der Waals surface area (Å²) in [5, 5.41) is 6.11. The van der Waals surface area contributed by atoms with E-state index < -0.39 is 0 Å². The van der Waals surface area contributed by atoms with Crippen molar-refractivity contribution >= 4 is 17.3 Å². The Labute approximate surface area is 101 Å². The number of hydrogen-bond donors (Lipinski definition) is 2. The number of nitrogens with one attached hydrogen (secondary N) is 2. The quantitative estimate of drug-likeness (QED) is 0.823. The van der Waals surface area contributed by atoms with Gasteiger partial charge in [-0.15, -0.1) is 0 Å². The Morgan fingerprint density at radius 3 is 2.82 bits per heavy atom. The van der Waals surface area contributed by atoms with Gasteiger partial charge in [-0.1, -0.05) is 0 Å². The van der Waals surface area contributed by atoms with Crippen molar-refractivity contribution in [1.82, 2.24) is 0 Å². The maximum absolute atomic E-state index is 11.0. The van der Waals surface area contributed by atoms with E-state index in [0.29, 0.717) is 11.4 Å². The molecule has 1 aromatic rings. The lowest BCUT2D eigenvalue weighted by Crippen LogP contribution is -2.08. The van der Waals surface area contributed by atoms with Crippen LogP contribution in [0.1, 0.15) is 19.8 Å². The Hall–Kier alpha value is -1.71. The first-order valence-electron chi connectivity index (χ1n) is 5.88. The van der Waals surface area contributed by atoms with Crippen LogP contribution >= 0.6 is 0 Å². The minimum absolute atomic E-state index is 0.0954. The number of methoxy groups -OCH3 is 1. The average molecular weight is 234 g/mol. The lowest BCUT2D eigenvalue weighted by molar-refractivity contribution is -0.114. The summed E-state index contributed by atoms with van der Waals surface area (Å²) in [6, 6.07) is 5.72. The fourth-order valence-electron chi connectivity index (χ4n) is 1.68.